The fourth-order valence-corrected chi connectivity index (χ4v) is 5.14. The van der Waals surface area contributed by atoms with Crippen LogP contribution in [0.1, 0.15) is 32.1 Å². The summed E-state index contributed by atoms with van der Waals surface area (Å²) < 4.78 is 26.4. The summed E-state index contributed by atoms with van der Waals surface area (Å²) in [4.78, 5) is 22.5. The van der Waals surface area contributed by atoms with Crippen molar-refractivity contribution in [2.45, 2.75) is 50.3 Å². The number of primary amides is 1. The Hall–Kier alpha value is -3.17. The molecule has 0 bridgehead atoms. The van der Waals surface area contributed by atoms with Gasteiger partial charge in [-0.3, -0.25) is 9.69 Å². The molecule has 3 N–H and O–H groups in total. The van der Waals surface area contributed by atoms with Crippen LogP contribution in [0.4, 0.5) is 15.9 Å². The Balaban J connectivity index is 1.35. The lowest BCUT2D eigenvalue weighted by molar-refractivity contribution is -0.130. The van der Waals surface area contributed by atoms with E-state index in [1.807, 2.05) is 6.07 Å². The van der Waals surface area contributed by atoms with Crippen LogP contribution in [0, 0.1) is 5.82 Å². The molecule has 0 unspecified atom stereocenters. The van der Waals surface area contributed by atoms with Crippen LogP contribution in [0.3, 0.4) is 0 Å². The second-order valence-corrected chi connectivity index (χ2v) is 9.37. The van der Waals surface area contributed by atoms with E-state index in [4.69, 9.17) is 26.8 Å². The first-order valence-corrected chi connectivity index (χ1v) is 12.1. The Morgan fingerprint density at radius 3 is 2.66 bits per heavy atom. The first-order chi connectivity index (χ1) is 16.9. The van der Waals surface area contributed by atoms with Gasteiger partial charge in [-0.15, -0.1) is 0 Å². The molecule has 2 heterocycles. The molecule has 3 aromatic rings. The summed E-state index contributed by atoms with van der Waals surface area (Å²) >= 11 is 5.93. The molecular formula is C25H27ClFN5O3. The Morgan fingerprint density at radius 1 is 1.17 bits per heavy atom. The van der Waals surface area contributed by atoms with Crippen molar-refractivity contribution in [3.05, 3.63) is 47.5 Å². The third-order valence-corrected chi connectivity index (χ3v) is 7.21. The van der Waals surface area contributed by atoms with Crippen LogP contribution < -0.4 is 20.5 Å². The summed E-state index contributed by atoms with van der Waals surface area (Å²) in [6, 6.07) is 8.58. The molecule has 1 aliphatic heterocycles. The molecule has 1 aromatic heterocycles. The highest BCUT2D eigenvalue weighted by atomic mass is 35.5. The highest BCUT2D eigenvalue weighted by molar-refractivity contribution is 6.31. The second kappa shape index (κ2) is 9.83. The number of halogens is 2. The third-order valence-electron chi connectivity index (χ3n) is 6.92. The van der Waals surface area contributed by atoms with Gasteiger partial charge in [-0.1, -0.05) is 17.7 Å². The van der Waals surface area contributed by atoms with Crippen molar-refractivity contribution in [2.75, 3.05) is 19.0 Å². The van der Waals surface area contributed by atoms with Crippen molar-refractivity contribution in [1.29, 1.82) is 0 Å². The maximum Gasteiger partial charge on any atom is 0.234 e. The summed E-state index contributed by atoms with van der Waals surface area (Å²) in [7, 11) is 1.58. The van der Waals surface area contributed by atoms with Crippen molar-refractivity contribution >= 4 is 39.9 Å². The van der Waals surface area contributed by atoms with Gasteiger partial charge in [-0.2, -0.15) is 0 Å². The van der Waals surface area contributed by atoms with E-state index in [1.165, 1.54) is 12.4 Å². The molecule has 0 radical (unpaired) electrons. The Bertz CT molecular complexity index is 1250. The summed E-state index contributed by atoms with van der Waals surface area (Å²) in [6.07, 6.45) is 5.86. The zero-order valence-electron chi connectivity index (χ0n) is 19.3. The van der Waals surface area contributed by atoms with Gasteiger partial charge in [0, 0.05) is 24.0 Å². The average Bonchev–Trinajstić information content (AvgIpc) is 2.82. The highest BCUT2D eigenvalue weighted by Gasteiger charge is 2.39. The van der Waals surface area contributed by atoms with E-state index in [2.05, 4.69) is 20.2 Å². The maximum absolute atomic E-state index is 14.5. The summed E-state index contributed by atoms with van der Waals surface area (Å²) in [5, 5.41) is 3.71. The molecule has 184 valence electrons. The van der Waals surface area contributed by atoms with Crippen molar-refractivity contribution in [2.24, 2.45) is 5.73 Å². The van der Waals surface area contributed by atoms with Crippen molar-refractivity contribution < 1.29 is 18.7 Å². The molecule has 2 aromatic carbocycles. The largest absolute Gasteiger partial charge is 0.493 e. The van der Waals surface area contributed by atoms with Crippen LogP contribution in [0.15, 0.2) is 36.7 Å². The van der Waals surface area contributed by atoms with Crippen LogP contribution >= 0.6 is 11.6 Å². The predicted octanol–water partition coefficient (Wildman–Crippen LogP) is 4.42. The van der Waals surface area contributed by atoms with Gasteiger partial charge in [0.2, 0.25) is 5.91 Å². The minimum Gasteiger partial charge on any atom is -0.493 e. The van der Waals surface area contributed by atoms with Gasteiger partial charge in [0.15, 0.2) is 17.3 Å². The zero-order valence-corrected chi connectivity index (χ0v) is 20.1. The molecule has 1 amide bonds. The Morgan fingerprint density at radius 2 is 1.97 bits per heavy atom. The molecule has 1 atom stereocenters. The number of hydrogen-bond acceptors (Lipinski definition) is 7. The van der Waals surface area contributed by atoms with Crippen molar-refractivity contribution in [3.63, 3.8) is 0 Å². The van der Waals surface area contributed by atoms with Gasteiger partial charge >= 0.3 is 0 Å². The molecular weight excluding hydrogens is 473 g/mol. The minimum atomic E-state index is -0.552. The number of rotatable bonds is 7. The number of carbonyl (C=O) groups excluding carboxylic acids is 1. The number of methoxy groups -OCH3 is 1. The number of amides is 1. The van der Waals surface area contributed by atoms with Crippen LogP contribution in [0.2, 0.25) is 5.02 Å². The number of benzene rings is 2. The number of anilines is 2. The topological polar surface area (TPSA) is 103 Å². The maximum atomic E-state index is 14.5. The van der Waals surface area contributed by atoms with Crippen molar-refractivity contribution in [1.82, 2.24) is 14.9 Å². The van der Waals surface area contributed by atoms with Crippen LogP contribution in [-0.4, -0.2) is 52.6 Å². The first kappa shape index (κ1) is 23.6. The van der Waals surface area contributed by atoms with Crippen LogP contribution in [0.5, 0.6) is 11.5 Å². The van der Waals surface area contributed by atoms with E-state index < -0.39 is 5.82 Å². The SMILES string of the molecule is COc1cc2ncnc(Nc3cccc(Cl)c3F)c2cc1O[C@H]1CC[C@H](N2CC[C@@H]2C(N)=O)CC1. The fraction of sp³-hybridized carbons (Fsp3) is 0.400. The normalized spacial score (nSPS) is 22.4. The smallest absolute Gasteiger partial charge is 0.234 e. The Kier molecular flexibility index (Phi) is 6.62. The molecule has 1 saturated carbocycles. The van der Waals surface area contributed by atoms with Gasteiger partial charge in [0.05, 0.1) is 35.5 Å². The van der Waals surface area contributed by atoms with Crippen molar-refractivity contribution in [3.8, 4) is 11.5 Å². The van der Waals surface area contributed by atoms with Crippen LogP contribution in [0.25, 0.3) is 10.9 Å². The van der Waals surface area contributed by atoms with E-state index >= 15 is 0 Å². The van der Waals surface area contributed by atoms with E-state index in [1.54, 1.807) is 25.3 Å². The molecule has 2 aliphatic rings. The van der Waals surface area contributed by atoms with Gasteiger partial charge in [0.1, 0.15) is 12.1 Å². The van der Waals surface area contributed by atoms with Gasteiger partial charge in [-0.05, 0) is 50.3 Å². The molecule has 1 aliphatic carbocycles. The second-order valence-electron chi connectivity index (χ2n) is 8.96. The molecule has 8 nitrogen and oxygen atoms in total. The quantitative estimate of drug-likeness (QED) is 0.496. The zero-order chi connectivity index (χ0) is 24.5. The van der Waals surface area contributed by atoms with E-state index in [9.17, 15) is 9.18 Å². The molecule has 2 fully saturated rings. The fourth-order valence-electron chi connectivity index (χ4n) is 4.97. The number of hydrogen-bond donors (Lipinski definition) is 2. The summed E-state index contributed by atoms with van der Waals surface area (Å²) in [6.45, 7) is 0.922. The number of nitrogens with two attached hydrogens (primary N) is 1. The van der Waals surface area contributed by atoms with E-state index in [0.717, 1.165) is 38.6 Å². The van der Waals surface area contributed by atoms with Gasteiger partial charge < -0.3 is 20.5 Å². The van der Waals surface area contributed by atoms with Gasteiger partial charge in [-0.25, -0.2) is 14.4 Å². The average molecular weight is 500 g/mol. The molecule has 10 heteroatoms. The molecule has 0 spiro atoms. The third kappa shape index (κ3) is 4.70. The summed E-state index contributed by atoms with van der Waals surface area (Å²) in [5.41, 5.74) is 6.37. The van der Waals surface area contributed by atoms with E-state index in [0.29, 0.717) is 34.3 Å². The number of nitrogens with one attached hydrogen (secondary N) is 1. The standard InChI is InChI=1S/C25H27ClFN5O3/c1-34-21-12-19-16(25(30-13-29-19)31-18-4-2-3-17(26)23(18)27)11-22(21)35-15-7-5-14(6-8-15)32-10-9-20(32)24(28)33/h2-4,11-15,20H,5-10H2,1H3,(H2,28,33)(H,29,30,31)/t14-,15-,20-/m1/s1. The molecule has 35 heavy (non-hydrogen) atoms. The van der Waals surface area contributed by atoms with Crippen LogP contribution in [-0.2, 0) is 4.79 Å². The van der Waals surface area contributed by atoms with E-state index in [-0.39, 0.29) is 28.8 Å². The number of likely N-dealkylation sites (tertiary alicyclic amines) is 1. The van der Waals surface area contributed by atoms with Gasteiger partial charge in [0.25, 0.3) is 0 Å². The minimum absolute atomic E-state index is 0.0114. The lowest BCUT2D eigenvalue weighted by Crippen LogP contribution is -2.59. The molecule has 1 saturated heterocycles. The Labute approximate surface area is 207 Å². The highest BCUT2D eigenvalue weighted by Crippen LogP contribution is 2.38. The number of aromatic nitrogens is 2. The predicted molar refractivity (Wildman–Crippen MR) is 132 cm³/mol. The molecule has 5 rings (SSSR count). The number of nitrogens with zero attached hydrogens (tertiary/aromatic N) is 3. The lowest BCUT2D eigenvalue weighted by Gasteiger charge is -2.46. The lowest BCUT2D eigenvalue weighted by atomic mass is 9.87. The number of ether oxygens (including phenoxy) is 2. The number of fused-ring (bicyclic) bond motifs is 1. The number of carbonyl (C=O) groups is 1. The first-order valence-electron chi connectivity index (χ1n) is 11.7. The monoisotopic (exact) mass is 499 g/mol. The summed E-state index contributed by atoms with van der Waals surface area (Å²) in [5.74, 6) is 0.785.